The molecule has 0 aromatic heterocycles. The van der Waals surface area contributed by atoms with Gasteiger partial charge in [-0.15, -0.1) is 0 Å². The van der Waals surface area contributed by atoms with E-state index in [1.54, 1.807) is 48.5 Å². The summed E-state index contributed by atoms with van der Waals surface area (Å²) in [6.07, 6.45) is 1.04. The number of carbonyl (C=O) groups is 2. The van der Waals surface area contributed by atoms with Crippen molar-refractivity contribution in [2.45, 2.75) is 19.8 Å². The molecule has 0 unspecified atom stereocenters. The molecule has 0 fully saturated rings. The van der Waals surface area contributed by atoms with Crippen molar-refractivity contribution >= 4 is 44.7 Å². The van der Waals surface area contributed by atoms with E-state index in [0.29, 0.717) is 22.2 Å². The molecule has 0 aliphatic carbocycles. The maximum atomic E-state index is 13.0. The molecule has 0 saturated heterocycles. The number of rotatable bonds is 8. The van der Waals surface area contributed by atoms with E-state index >= 15 is 0 Å². The normalized spacial score (nSPS) is 11.3. The van der Waals surface area contributed by atoms with Gasteiger partial charge in [0.1, 0.15) is 6.54 Å². The molecule has 1 N–H and O–H groups in total. The van der Waals surface area contributed by atoms with E-state index in [9.17, 15) is 18.0 Å². The summed E-state index contributed by atoms with van der Waals surface area (Å²) in [6, 6.07) is 20.2. The van der Waals surface area contributed by atoms with Crippen LogP contribution < -0.4 is 9.62 Å². The maximum Gasteiger partial charge on any atom is 0.245 e. The van der Waals surface area contributed by atoms with E-state index in [0.717, 1.165) is 16.1 Å². The largest absolute Gasteiger partial charge is 0.324 e. The summed E-state index contributed by atoms with van der Waals surface area (Å²) in [4.78, 5) is 25.8. The highest BCUT2D eigenvalue weighted by molar-refractivity contribution is 7.92. The predicted molar refractivity (Wildman–Crippen MR) is 133 cm³/mol. The molecular formula is C25H25ClN2O4S. The van der Waals surface area contributed by atoms with Gasteiger partial charge in [0.05, 0.1) is 17.6 Å². The molecular weight excluding hydrogens is 460 g/mol. The van der Waals surface area contributed by atoms with Gasteiger partial charge in [-0.1, -0.05) is 67.9 Å². The summed E-state index contributed by atoms with van der Waals surface area (Å²) < 4.78 is 25.9. The Balaban J connectivity index is 1.86. The monoisotopic (exact) mass is 484 g/mol. The number of nitrogens with one attached hydrogen (secondary N) is 1. The van der Waals surface area contributed by atoms with Crippen LogP contribution in [-0.2, 0) is 14.8 Å². The van der Waals surface area contributed by atoms with Crippen LogP contribution in [0.25, 0.3) is 0 Å². The number of hydrogen-bond acceptors (Lipinski definition) is 4. The fourth-order valence-corrected chi connectivity index (χ4v) is 4.33. The van der Waals surface area contributed by atoms with Gasteiger partial charge < -0.3 is 5.32 Å². The van der Waals surface area contributed by atoms with Crippen molar-refractivity contribution in [3.8, 4) is 0 Å². The summed E-state index contributed by atoms with van der Waals surface area (Å²) in [5.41, 5.74) is 2.35. The SMILES string of the molecule is CC(C)c1ccc(N(CC(=O)Nc2ccc(Cl)cc2C(=O)c2ccccc2)S(C)(=O)=O)cc1. The molecule has 172 valence electrons. The van der Waals surface area contributed by atoms with E-state index < -0.39 is 22.5 Å². The van der Waals surface area contributed by atoms with Crippen molar-refractivity contribution in [1.82, 2.24) is 0 Å². The lowest BCUT2D eigenvalue weighted by Crippen LogP contribution is -2.37. The molecule has 0 spiro atoms. The molecule has 6 nitrogen and oxygen atoms in total. The third kappa shape index (κ3) is 6.21. The van der Waals surface area contributed by atoms with Crippen molar-refractivity contribution in [2.24, 2.45) is 0 Å². The number of nitrogens with zero attached hydrogens (tertiary/aromatic N) is 1. The Bertz CT molecular complexity index is 1260. The van der Waals surface area contributed by atoms with E-state index in [4.69, 9.17) is 11.6 Å². The summed E-state index contributed by atoms with van der Waals surface area (Å²) >= 11 is 6.09. The van der Waals surface area contributed by atoms with E-state index in [2.05, 4.69) is 5.32 Å². The van der Waals surface area contributed by atoms with Crippen LogP contribution in [0, 0.1) is 0 Å². The Morgan fingerprint density at radius 1 is 0.970 bits per heavy atom. The van der Waals surface area contributed by atoms with Crippen LogP contribution in [-0.4, -0.2) is 32.9 Å². The fourth-order valence-electron chi connectivity index (χ4n) is 3.30. The fraction of sp³-hybridized carbons (Fsp3) is 0.200. The topological polar surface area (TPSA) is 83.6 Å². The first kappa shape index (κ1) is 24.5. The van der Waals surface area contributed by atoms with Crippen molar-refractivity contribution in [1.29, 1.82) is 0 Å². The van der Waals surface area contributed by atoms with Crippen LogP contribution in [0.1, 0.15) is 41.3 Å². The second kappa shape index (κ2) is 10.2. The number of hydrogen-bond donors (Lipinski definition) is 1. The molecule has 8 heteroatoms. The van der Waals surface area contributed by atoms with Gasteiger partial charge >= 0.3 is 0 Å². The Kier molecular flexibility index (Phi) is 7.56. The van der Waals surface area contributed by atoms with E-state index in [-0.39, 0.29) is 17.0 Å². The van der Waals surface area contributed by atoms with Crippen LogP contribution in [0.5, 0.6) is 0 Å². The van der Waals surface area contributed by atoms with Crippen LogP contribution >= 0.6 is 11.6 Å². The average molecular weight is 485 g/mol. The van der Waals surface area contributed by atoms with Crippen molar-refractivity contribution < 1.29 is 18.0 Å². The van der Waals surface area contributed by atoms with Gasteiger partial charge in [-0.05, 0) is 41.8 Å². The first-order valence-electron chi connectivity index (χ1n) is 10.3. The van der Waals surface area contributed by atoms with Gasteiger partial charge in [-0.3, -0.25) is 13.9 Å². The Morgan fingerprint density at radius 2 is 1.61 bits per heavy atom. The smallest absolute Gasteiger partial charge is 0.245 e. The molecule has 1 amide bonds. The predicted octanol–water partition coefficient (Wildman–Crippen LogP) is 5.10. The number of ketones is 1. The Morgan fingerprint density at radius 3 is 2.18 bits per heavy atom. The van der Waals surface area contributed by atoms with Crippen molar-refractivity contribution in [3.63, 3.8) is 0 Å². The molecule has 33 heavy (non-hydrogen) atoms. The highest BCUT2D eigenvalue weighted by atomic mass is 35.5. The molecule has 3 aromatic carbocycles. The van der Waals surface area contributed by atoms with Gasteiger partial charge in [0, 0.05) is 16.1 Å². The minimum Gasteiger partial charge on any atom is -0.324 e. The van der Waals surface area contributed by atoms with E-state index in [1.165, 1.54) is 12.1 Å². The molecule has 0 bridgehead atoms. The number of amides is 1. The molecule has 0 aliphatic rings. The van der Waals surface area contributed by atoms with Gasteiger partial charge in [0.15, 0.2) is 5.78 Å². The second-order valence-corrected chi connectivity index (χ2v) is 10.3. The van der Waals surface area contributed by atoms with Gasteiger partial charge in [0.25, 0.3) is 0 Å². The number of sulfonamides is 1. The van der Waals surface area contributed by atoms with Gasteiger partial charge in [-0.25, -0.2) is 8.42 Å². The van der Waals surface area contributed by atoms with Crippen molar-refractivity contribution in [2.75, 3.05) is 22.4 Å². The zero-order valence-electron chi connectivity index (χ0n) is 18.6. The molecule has 0 atom stereocenters. The van der Waals surface area contributed by atoms with Gasteiger partial charge in [0.2, 0.25) is 15.9 Å². The highest BCUT2D eigenvalue weighted by Gasteiger charge is 2.22. The molecule has 0 heterocycles. The third-order valence-electron chi connectivity index (χ3n) is 5.07. The van der Waals surface area contributed by atoms with E-state index in [1.807, 2.05) is 26.0 Å². The first-order valence-corrected chi connectivity index (χ1v) is 12.6. The van der Waals surface area contributed by atoms with Crippen LogP contribution in [0.2, 0.25) is 5.02 Å². The zero-order valence-corrected chi connectivity index (χ0v) is 20.2. The number of benzene rings is 3. The van der Waals surface area contributed by atoms with Crippen LogP contribution in [0.15, 0.2) is 72.8 Å². The van der Waals surface area contributed by atoms with Gasteiger partial charge in [-0.2, -0.15) is 0 Å². The highest BCUT2D eigenvalue weighted by Crippen LogP contribution is 2.25. The zero-order chi connectivity index (χ0) is 24.2. The first-order chi connectivity index (χ1) is 15.6. The molecule has 3 rings (SSSR count). The van der Waals surface area contributed by atoms with Crippen LogP contribution in [0.4, 0.5) is 11.4 Å². The lowest BCUT2D eigenvalue weighted by atomic mass is 10.0. The molecule has 0 saturated carbocycles. The molecule has 3 aromatic rings. The average Bonchev–Trinajstić information content (AvgIpc) is 2.78. The standard InChI is InChI=1S/C25H25ClN2O4S/c1-17(2)18-9-12-21(13-10-18)28(33(3,31)32)16-24(29)27-23-14-11-20(26)15-22(23)25(30)19-7-5-4-6-8-19/h4-15,17H,16H2,1-3H3,(H,27,29). The Hall–Kier alpha value is -3.16. The number of anilines is 2. The minimum absolute atomic E-state index is 0.217. The summed E-state index contributed by atoms with van der Waals surface area (Å²) in [5.74, 6) is -0.602. The Labute approximate surface area is 199 Å². The van der Waals surface area contributed by atoms with Crippen molar-refractivity contribution in [3.05, 3.63) is 94.5 Å². The quantitative estimate of drug-likeness (QED) is 0.451. The summed E-state index contributed by atoms with van der Waals surface area (Å²) in [5, 5.41) is 3.01. The maximum absolute atomic E-state index is 13.0. The number of halogens is 1. The number of carbonyl (C=O) groups excluding carboxylic acids is 2. The third-order valence-corrected chi connectivity index (χ3v) is 6.45. The summed E-state index contributed by atoms with van der Waals surface area (Å²) in [6.45, 7) is 3.63. The minimum atomic E-state index is -3.73. The molecule has 0 aliphatic heterocycles. The summed E-state index contributed by atoms with van der Waals surface area (Å²) in [7, 11) is -3.73. The lowest BCUT2D eigenvalue weighted by Gasteiger charge is -2.22. The lowest BCUT2D eigenvalue weighted by molar-refractivity contribution is -0.114. The second-order valence-electron chi connectivity index (χ2n) is 7.95. The molecule has 0 radical (unpaired) electrons. The van der Waals surface area contributed by atoms with Crippen LogP contribution in [0.3, 0.4) is 0 Å².